The maximum absolute atomic E-state index is 11.7. The Hall–Kier alpha value is 1.92. The zero-order valence-electron chi connectivity index (χ0n) is 32.0. The minimum absolute atomic E-state index is 0. The molecule has 0 bridgehead atoms. The van der Waals surface area contributed by atoms with E-state index in [4.69, 9.17) is 0 Å². The Morgan fingerprint density at radius 2 is 0.587 bits per heavy atom. The average molecular weight is 844 g/mol. The maximum atomic E-state index is 11.7. The van der Waals surface area contributed by atoms with Crippen LogP contribution in [-0.2, 0) is 13.7 Å². The molecule has 0 aliphatic carbocycles. The van der Waals surface area contributed by atoms with Crippen molar-refractivity contribution >= 4 is 22.1 Å². The van der Waals surface area contributed by atoms with Crippen molar-refractivity contribution in [3.63, 3.8) is 0 Å². The molecule has 0 spiro atoms. The molecule has 277 valence electrons. The predicted molar refractivity (Wildman–Crippen MR) is 197 cm³/mol. The summed E-state index contributed by atoms with van der Waals surface area (Å²) in [4.78, 5) is 35.2. The Bertz CT molecular complexity index is 683. The molecule has 46 heavy (non-hydrogen) atoms. The van der Waals surface area contributed by atoms with E-state index in [1.54, 1.807) is 0 Å². The summed E-state index contributed by atoms with van der Waals surface area (Å²) in [5, 5.41) is 0. The third kappa shape index (κ3) is 37.2. The maximum Gasteiger partial charge on any atom is 3.00 e. The van der Waals surface area contributed by atoms with Crippen LogP contribution in [0.15, 0.2) is 0 Å². The van der Waals surface area contributed by atoms with E-state index in [2.05, 4.69) is 41.5 Å². The molecule has 0 heterocycles. The summed E-state index contributed by atoms with van der Waals surface area (Å²) in [6.07, 6.45) is 21.1. The summed E-state index contributed by atoms with van der Waals surface area (Å²) in [6, 6.07) is 0. The zero-order chi connectivity index (χ0) is 35.2. The van der Waals surface area contributed by atoms with Gasteiger partial charge in [-0.2, -0.15) is 0 Å². The van der Waals surface area contributed by atoms with Crippen LogP contribution in [-0.4, -0.2) is 37.0 Å². The zero-order valence-corrected chi connectivity index (χ0v) is 37.9. The molecule has 10 heteroatoms. The molecular formula is C36H78NdO6P3. The predicted octanol–water partition coefficient (Wildman–Crippen LogP) is 10.9. The molecule has 6 unspecified atom stereocenters. The molecule has 6 atom stereocenters. The van der Waals surface area contributed by atoms with Gasteiger partial charge in [0.1, 0.15) is 0 Å². The van der Waals surface area contributed by atoms with Gasteiger partial charge >= 0.3 is 40.8 Å². The third-order valence-corrected chi connectivity index (χ3v) is 15.0. The summed E-state index contributed by atoms with van der Waals surface area (Å²) in [6.45, 7) is 18.9. The molecule has 0 fully saturated rings. The average Bonchev–Trinajstić information content (AvgIpc) is 3.00. The van der Waals surface area contributed by atoms with Crippen LogP contribution in [0.3, 0.4) is 0 Å². The molecule has 1 radical (unpaired) electrons. The van der Waals surface area contributed by atoms with Gasteiger partial charge in [-0.05, 0) is 74.0 Å². The fourth-order valence-electron chi connectivity index (χ4n) is 5.40. The van der Waals surface area contributed by atoms with Crippen LogP contribution in [0.25, 0.3) is 0 Å². The summed E-state index contributed by atoms with van der Waals surface area (Å²) in [5.74, 6) is 1.18. The molecule has 0 aromatic carbocycles. The van der Waals surface area contributed by atoms with Gasteiger partial charge in [-0.1, -0.05) is 159 Å². The number of unbranched alkanes of at least 4 members (excludes halogenated alkanes) is 6. The summed E-state index contributed by atoms with van der Waals surface area (Å²) >= 11 is 0. The van der Waals surface area contributed by atoms with Gasteiger partial charge in [0.05, 0.1) is 0 Å². The second-order valence-corrected chi connectivity index (χ2v) is 20.8. The SMILES string of the molecule is CCCCC(CC)CP(=O)([O-])CCCC.CCCCC(CC)CP(=O)([O-])CCCC.CCCCC(CC)CP(=O)([O-])CCCC.[Nd+3]. The number of hydrogen-bond donors (Lipinski definition) is 0. The Morgan fingerprint density at radius 3 is 0.739 bits per heavy atom. The molecule has 0 rings (SSSR count). The molecule has 0 aliphatic rings. The van der Waals surface area contributed by atoms with Gasteiger partial charge < -0.3 is 28.4 Å². The minimum Gasteiger partial charge on any atom is -0.799 e. The van der Waals surface area contributed by atoms with Crippen molar-refractivity contribution in [1.82, 2.24) is 0 Å². The molecule has 0 N–H and O–H groups in total. The molecule has 0 saturated heterocycles. The Morgan fingerprint density at radius 1 is 0.391 bits per heavy atom. The monoisotopic (exact) mass is 841 g/mol. The molecule has 6 nitrogen and oxygen atoms in total. The van der Waals surface area contributed by atoms with Gasteiger partial charge in [-0.15, -0.1) is 0 Å². The smallest absolute Gasteiger partial charge is 0.799 e. The molecule has 0 amide bonds. The number of hydrogen-bond acceptors (Lipinski definition) is 6. The normalized spacial score (nSPS) is 17.0. The van der Waals surface area contributed by atoms with Crippen molar-refractivity contribution in [3.8, 4) is 0 Å². The van der Waals surface area contributed by atoms with E-state index in [0.717, 1.165) is 116 Å². The molecule has 0 aromatic heterocycles. The van der Waals surface area contributed by atoms with Crippen molar-refractivity contribution in [1.29, 1.82) is 0 Å². The van der Waals surface area contributed by atoms with E-state index in [0.29, 0.717) is 54.7 Å². The van der Waals surface area contributed by atoms with Crippen LogP contribution < -0.4 is 14.7 Å². The van der Waals surface area contributed by atoms with Crippen LogP contribution in [0.2, 0.25) is 0 Å². The van der Waals surface area contributed by atoms with Gasteiger partial charge in [0, 0.05) is 22.1 Å². The van der Waals surface area contributed by atoms with Crippen molar-refractivity contribution < 1.29 is 69.2 Å². The summed E-state index contributed by atoms with van der Waals surface area (Å²) < 4.78 is 35.2. The largest absolute Gasteiger partial charge is 3.00 e. The first-order chi connectivity index (χ1) is 21.2. The van der Waals surface area contributed by atoms with E-state index in [9.17, 15) is 28.4 Å². The van der Waals surface area contributed by atoms with E-state index in [1.807, 2.05) is 20.8 Å². The minimum atomic E-state index is -3.07. The van der Waals surface area contributed by atoms with Gasteiger partial charge in [0.2, 0.25) is 0 Å². The van der Waals surface area contributed by atoms with Crippen molar-refractivity contribution in [2.75, 3.05) is 37.0 Å². The standard InChI is InChI=1S/3C12H27O2P.Nd/c3*1-4-7-9-12(6-3)11-15(13,14)10-8-5-2;/h3*12H,4-11H2,1-3H3,(H,13,14);/q;;;+3/p-3. The molecular weight excluding hydrogens is 766 g/mol. The first-order valence-electron chi connectivity index (χ1n) is 19.0. The first-order valence-corrected chi connectivity index (χ1v) is 25.0. The van der Waals surface area contributed by atoms with E-state index >= 15 is 0 Å². The Labute approximate surface area is 321 Å². The Kier molecular flexibility index (Phi) is 42.0. The fraction of sp³-hybridized carbons (Fsp3) is 1.00. The first kappa shape index (κ1) is 54.7. The number of rotatable bonds is 27. The second-order valence-electron chi connectivity index (χ2n) is 13.5. The van der Waals surface area contributed by atoms with Crippen molar-refractivity contribution in [2.45, 2.75) is 178 Å². The summed E-state index contributed by atoms with van der Waals surface area (Å²) in [7, 11) is -9.22. The second kappa shape index (κ2) is 35.3. The topological polar surface area (TPSA) is 120 Å². The quantitative estimate of drug-likeness (QED) is 0.0759. The molecule has 0 aliphatic heterocycles. The van der Waals surface area contributed by atoms with Crippen molar-refractivity contribution in [2.24, 2.45) is 17.8 Å². The van der Waals surface area contributed by atoms with Gasteiger partial charge in [-0.3, -0.25) is 0 Å². The van der Waals surface area contributed by atoms with Gasteiger partial charge in [0.15, 0.2) is 0 Å². The van der Waals surface area contributed by atoms with E-state index in [-0.39, 0.29) is 40.8 Å². The van der Waals surface area contributed by atoms with Gasteiger partial charge in [-0.25, -0.2) is 0 Å². The van der Waals surface area contributed by atoms with Crippen LogP contribution in [0, 0.1) is 58.6 Å². The van der Waals surface area contributed by atoms with E-state index in [1.165, 1.54) is 0 Å². The fourth-order valence-corrected chi connectivity index (χ4v) is 12.0. The van der Waals surface area contributed by atoms with Crippen LogP contribution >= 0.6 is 22.1 Å². The third-order valence-electron chi connectivity index (χ3n) is 8.80. The van der Waals surface area contributed by atoms with Gasteiger partial charge in [0.25, 0.3) is 0 Å². The molecule has 0 aromatic rings. The van der Waals surface area contributed by atoms with Crippen LogP contribution in [0.5, 0.6) is 0 Å². The Balaban J connectivity index is -0.000000285. The van der Waals surface area contributed by atoms with Crippen LogP contribution in [0.1, 0.15) is 178 Å². The molecule has 0 saturated carbocycles. The van der Waals surface area contributed by atoms with E-state index < -0.39 is 22.1 Å². The van der Waals surface area contributed by atoms with Crippen LogP contribution in [0.4, 0.5) is 0 Å². The summed E-state index contributed by atoms with van der Waals surface area (Å²) in [5.41, 5.74) is 0. The van der Waals surface area contributed by atoms with Crippen molar-refractivity contribution in [3.05, 3.63) is 0 Å².